The molecule has 0 saturated carbocycles. The summed E-state index contributed by atoms with van der Waals surface area (Å²) in [5, 5.41) is 9.29. The molecule has 0 atom stereocenters. The van der Waals surface area contributed by atoms with Crippen molar-refractivity contribution in [1.29, 1.82) is 0 Å². The van der Waals surface area contributed by atoms with Gasteiger partial charge in [0.05, 0.1) is 5.75 Å². The zero-order chi connectivity index (χ0) is 18.1. The molecule has 0 aliphatic carbocycles. The van der Waals surface area contributed by atoms with Crippen molar-refractivity contribution < 1.29 is 4.79 Å². The third-order valence-corrected chi connectivity index (χ3v) is 5.54. The van der Waals surface area contributed by atoms with Gasteiger partial charge >= 0.3 is 0 Å². The summed E-state index contributed by atoms with van der Waals surface area (Å²) in [6.07, 6.45) is 0. The van der Waals surface area contributed by atoms with Gasteiger partial charge in [0.2, 0.25) is 0 Å². The molecule has 0 amide bonds. The fourth-order valence-electron chi connectivity index (χ4n) is 2.82. The van der Waals surface area contributed by atoms with Gasteiger partial charge in [-0.2, -0.15) is 0 Å². The first-order valence-electron chi connectivity index (χ1n) is 8.14. The first-order valence-corrected chi connectivity index (χ1v) is 9.12. The number of thioether (sulfide) groups is 1. The van der Waals surface area contributed by atoms with Crippen LogP contribution in [0.5, 0.6) is 0 Å². The van der Waals surface area contributed by atoms with Crippen LogP contribution < -0.4 is 0 Å². The molecule has 5 nitrogen and oxygen atoms in total. The van der Waals surface area contributed by atoms with Crippen LogP contribution >= 0.6 is 11.8 Å². The van der Waals surface area contributed by atoms with Gasteiger partial charge in [-0.1, -0.05) is 35.5 Å². The lowest BCUT2D eigenvalue weighted by molar-refractivity contribution is 0.102. The fraction of sp³-hybridized carbons (Fsp3) is 0.316. The number of ketones is 1. The van der Waals surface area contributed by atoms with Gasteiger partial charge in [0.15, 0.2) is 16.8 Å². The molecule has 1 aromatic carbocycles. The van der Waals surface area contributed by atoms with Crippen LogP contribution in [0.15, 0.2) is 35.5 Å². The highest BCUT2D eigenvalue weighted by molar-refractivity contribution is 7.99. The normalized spacial score (nSPS) is 11.1. The molecule has 130 valence electrons. The molecule has 0 radical (unpaired) electrons. The van der Waals surface area contributed by atoms with Crippen LogP contribution in [-0.2, 0) is 14.1 Å². The first-order chi connectivity index (χ1) is 11.9. The Morgan fingerprint density at radius 1 is 1.08 bits per heavy atom. The number of hydrogen-bond donors (Lipinski definition) is 0. The van der Waals surface area contributed by atoms with Gasteiger partial charge in [-0.25, -0.2) is 0 Å². The number of hydrogen-bond acceptors (Lipinski definition) is 4. The van der Waals surface area contributed by atoms with Gasteiger partial charge < -0.3 is 9.13 Å². The van der Waals surface area contributed by atoms with Crippen LogP contribution in [0.4, 0.5) is 0 Å². The highest BCUT2D eigenvalue weighted by atomic mass is 32.2. The summed E-state index contributed by atoms with van der Waals surface area (Å²) in [6.45, 7) is 6.04. The molecule has 0 N–H and O–H groups in total. The van der Waals surface area contributed by atoms with Crippen LogP contribution in [0, 0.1) is 20.8 Å². The SMILES string of the molecule is Cc1cccc(-c2nnc(SCC(=O)c3cc(C)n(C)c3C)n2C)c1. The maximum Gasteiger partial charge on any atom is 0.191 e. The molecule has 2 heterocycles. The molecule has 3 rings (SSSR count). The molecular formula is C19H22N4OS. The van der Waals surface area contributed by atoms with Gasteiger partial charge in [-0.15, -0.1) is 10.2 Å². The number of aryl methyl sites for hydroxylation is 2. The molecule has 0 unspecified atom stereocenters. The van der Waals surface area contributed by atoms with E-state index in [4.69, 9.17) is 0 Å². The van der Waals surface area contributed by atoms with Crippen molar-refractivity contribution in [3.8, 4) is 11.4 Å². The van der Waals surface area contributed by atoms with Gasteiger partial charge in [-0.3, -0.25) is 4.79 Å². The second-order valence-electron chi connectivity index (χ2n) is 6.29. The average molecular weight is 354 g/mol. The molecule has 25 heavy (non-hydrogen) atoms. The predicted molar refractivity (Wildman–Crippen MR) is 101 cm³/mol. The first kappa shape index (κ1) is 17.5. The molecule has 0 bridgehead atoms. The summed E-state index contributed by atoms with van der Waals surface area (Å²) in [5.74, 6) is 1.28. The largest absolute Gasteiger partial charge is 0.351 e. The van der Waals surface area contributed by atoms with Crippen molar-refractivity contribution >= 4 is 17.5 Å². The maximum atomic E-state index is 12.5. The topological polar surface area (TPSA) is 52.7 Å². The summed E-state index contributed by atoms with van der Waals surface area (Å²) in [7, 11) is 3.91. The van der Waals surface area contributed by atoms with E-state index in [0.29, 0.717) is 5.75 Å². The van der Waals surface area contributed by atoms with E-state index in [2.05, 4.69) is 29.3 Å². The number of carbonyl (C=O) groups is 1. The molecule has 0 saturated heterocycles. The smallest absolute Gasteiger partial charge is 0.191 e. The van der Waals surface area contributed by atoms with Crippen LogP contribution in [0.25, 0.3) is 11.4 Å². The third kappa shape index (κ3) is 3.39. The molecule has 0 spiro atoms. The summed E-state index contributed by atoms with van der Waals surface area (Å²) in [6, 6.07) is 10.1. The lowest BCUT2D eigenvalue weighted by Crippen LogP contribution is -2.05. The van der Waals surface area contributed by atoms with Crippen LogP contribution in [0.3, 0.4) is 0 Å². The summed E-state index contributed by atoms with van der Waals surface area (Å²) < 4.78 is 3.98. The monoisotopic (exact) mass is 354 g/mol. The minimum Gasteiger partial charge on any atom is -0.351 e. The second-order valence-corrected chi connectivity index (χ2v) is 7.23. The van der Waals surface area contributed by atoms with Crippen molar-refractivity contribution in [2.45, 2.75) is 25.9 Å². The average Bonchev–Trinajstić information content (AvgIpc) is 3.07. The Kier molecular flexibility index (Phi) is 4.81. The van der Waals surface area contributed by atoms with Gasteiger partial charge in [0.25, 0.3) is 0 Å². The highest BCUT2D eigenvalue weighted by Gasteiger charge is 2.17. The van der Waals surface area contributed by atoms with Crippen molar-refractivity contribution in [3.63, 3.8) is 0 Å². The van der Waals surface area contributed by atoms with E-state index in [9.17, 15) is 4.79 Å². The predicted octanol–water partition coefficient (Wildman–Crippen LogP) is 3.72. The Morgan fingerprint density at radius 3 is 2.48 bits per heavy atom. The summed E-state index contributed by atoms with van der Waals surface area (Å²) in [4.78, 5) is 12.5. The van der Waals surface area contributed by atoms with Crippen molar-refractivity contribution in [2.75, 3.05) is 5.75 Å². The Bertz CT molecular complexity index is 939. The number of benzene rings is 1. The second kappa shape index (κ2) is 6.88. The zero-order valence-electron chi connectivity index (χ0n) is 15.2. The molecule has 2 aromatic heterocycles. The van der Waals surface area contributed by atoms with Crippen molar-refractivity contribution in [3.05, 3.63) is 52.8 Å². The molecular weight excluding hydrogens is 332 g/mol. The van der Waals surface area contributed by atoms with Gasteiger partial charge in [0, 0.05) is 36.6 Å². The highest BCUT2D eigenvalue weighted by Crippen LogP contribution is 2.24. The lowest BCUT2D eigenvalue weighted by Gasteiger charge is -2.05. The maximum absolute atomic E-state index is 12.5. The lowest BCUT2D eigenvalue weighted by atomic mass is 10.1. The number of nitrogens with zero attached hydrogens (tertiary/aromatic N) is 4. The minimum atomic E-state index is 0.117. The van der Waals surface area contributed by atoms with E-state index in [-0.39, 0.29) is 5.78 Å². The third-order valence-electron chi connectivity index (χ3n) is 4.52. The van der Waals surface area contributed by atoms with Crippen molar-refractivity contribution in [2.24, 2.45) is 14.1 Å². The molecule has 0 aliphatic rings. The van der Waals surface area contributed by atoms with Gasteiger partial charge in [-0.05, 0) is 32.9 Å². The van der Waals surface area contributed by atoms with E-state index < -0.39 is 0 Å². The van der Waals surface area contributed by atoms with Crippen molar-refractivity contribution in [1.82, 2.24) is 19.3 Å². The standard InChI is InChI=1S/C19H22N4OS/c1-12-7-6-8-15(9-12)18-20-21-19(23(18)5)25-11-17(24)16-10-13(2)22(4)14(16)3/h6-10H,11H2,1-5H3. The quantitative estimate of drug-likeness (QED) is 0.518. The molecule has 0 aliphatic heterocycles. The van der Waals surface area contributed by atoms with E-state index in [1.165, 1.54) is 17.3 Å². The zero-order valence-corrected chi connectivity index (χ0v) is 16.0. The molecule has 3 aromatic rings. The Balaban J connectivity index is 1.76. The van der Waals surface area contributed by atoms with E-state index >= 15 is 0 Å². The van der Waals surface area contributed by atoms with Crippen LogP contribution in [-0.4, -0.2) is 30.9 Å². The Labute approximate surface area is 152 Å². The summed E-state index contributed by atoms with van der Waals surface area (Å²) >= 11 is 1.42. The summed E-state index contributed by atoms with van der Waals surface area (Å²) in [5.41, 5.74) is 5.09. The van der Waals surface area contributed by atoms with Gasteiger partial charge in [0.1, 0.15) is 0 Å². The number of aromatic nitrogens is 4. The molecule has 0 fully saturated rings. The Morgan fingerprint density at radius 2 is 1.84 bits per heavy atom. The fourth-order valence-corrected chi connectivity index (χ4v) is 3.62. The van der Waals surface area contributed by atoms with E-state index in [1.807, 2.05) is 55.3 Å². The van der Waals surface area contributed by atoms with Crippen LogP contribution in [0.2, 0.25) is 0 Å². The molecule has 6 heteroatoms. The van der Waals surface area contributed by atoms with E-state index in [0.717, 1.165) is 33.5 Å². The number of carbonyl (C=O) groups excluding carboxylic acids is 1. The number of rotatable bonds is 5. The minimum absolute atomic E-state index is 0.117. The van der Waals surface area contributed by atoms with E-state index in [1.54, 1.807) is 0 Å². The number of Topliss-reactive ketones (excluding diaryl/α,β-unsaturated/α-hetero) is 1. The van der Waals surface area contributed by atoms with Crippen LogP contribution in [0.1, 0.15) is 27.3 Å². The Hall–Kier alpha value is -2.34.